The molecule has 0 aliphatic carbocycles. The van der Waals surface area contributed by atoms with Crippen LogP contribution >= 0.6 is 11.6 Å². The van der Waals surface area contributed by atoms with Gasteiger partial charge in [0.05, 0.1) is 5.69 Å². The number of nitrogens with one attached hydrogen (secondary N) is 1. The molecule has 0 aliphatic heterocycles. The summed E-state index contributed by atoms with van der Waals surface area (Å²) in [5.74, 6) is 0. The second kappa shape index (κ2) is 5.09. The van der Waals surface area contributed by atoms with Crippen LogP contribution in [0.5, 0.6) is 0 Å². The number of hydrogen-bond donors (Lipinski definition) is 1. The fourth-order valence-electron chi connectivity index (χ4n) is 1.42. The maximum absolute atomic E-state index is 5.99. The lowest BCUT2D eigenvalue weighted by Crippen LogP contribution is -2.18. The summed E-state index contributed by atoms with van der Waals surface area (Å²) >= 11 is 5.99. The van der Waals surface area contributed by atoms with Gasteiger partial charge in [0.25, 0.3) is 0 Å². The summed E-state index contributed by atoms with van der Waals surface area (Å²) in [5, 5.41) is 7.64. The van der Waals surface area contributed by atoms with Crippen LogP contribution in [0.4, 0.5) is 0 Å². The monoisotopic (exact) mass is 237 g/mol. The number of rotatable bonds is 4. The minimum Gasteiger partial charge on any atom is -0.364 e. The minimum atomic E-state index is 0.123. The number of aromatic nitrogens is 2. The molecular formula is C11H12ClN3O. The predicted molar refractivity (Wildman–Crippen MR) is 61.0 cm³/mol. The van der Waals surface area contributed by atoms with E-state index in [4.69, 9.17) is 16.1 Å². The van der Waals surface area contributed by atoms with E-state index in [1.54, 1.807) is 12.5 Å². The molecule has 1 atom stereocenters. The van der Waals surface area contributed by atoms with Crippen molar-refractivity contribution in [2.45, 2.75) is 19.5 Å². The van der Waals surface area contributed by atoms with Crippen LogP contribution in [0.25, 0.3) is 0 Å². The summed E-state index contributed by atoms with van der Waals surface area (Å²) in [5.41, 5.74) is 1.85. The van der Waals surface area contributed by atoms with E-state index in [0.29, 0.717) is 11.7 Å². The first kappa shape index (κ1) is 11.1. The van der Waals surface area contributed by atoms with Crippen molar-refractivity contribution in [2.24, 2.45) is 0 Å². The molecule has 0 saturated carbocycles. The molecule has 4 nitrogen and oxygen atoms in total. The highest BCUT2D eigenvalue weighted by atomic mass is 35.5. The molecule has 0 saturated heterocycles. The summed E-state index contributed by atoms with van der Waals surface area (Å²) in [6.45, 7) is 2.67. The Hall–Kier alpha value is -1.39. The predicted octanol–water partition coefficient (Wildman–Crippen LogP) is 2.57. The third-order valence-corrected chi connectivity index (χ3v) is 2.65. The van der Waals surface area contributed by atoms with E-state index >= 15 is 0 Å². The van der Waals surface area contributed by atoms with Gasteiger partial charge in [0, 0.05) is 30.4 Å². The zero-order chi connectivity index (χ0) is 11.4. The highest BCUT2D eigenvalue weighted by Gasteiger charge is 2.09. The molecule has 2 aromatic heterocycles. The number of nitrogens with zero attached hydrogens (tertiary/aromatic N) is 2. The number of pyridine rings is 1. The third-order valence-electron chi connectivity index (χ3n) is 2.34. The van der Waals surface area contributed by atoms with E-state index in [9.17, 15) is 0 Å². The van der Waals surface area contributed by atoms with Crippen molar-refractivity contribution in [3.05, 3.63) is 47.1 Å². The Morgan fingerprint density at radius 1 is 1.50 bits per heavy atom. The van der Waals surface area contributed by atoms with Crippen LogP contribution in [0.1, 0.15) is 24.2 Å². The van der Waals surface area contributed by atoms with Gasteiger partial charge in [-0.2, -0.15) is 0 Å². The van der Waals surface area contributed by atoms with Crippen molar-refractivity contribution in [1.82, 2.24) is 15.5 Å². The Kier molecular flexibility index (Phi) is 3.54. The summed E-state index contributed by atoms with van der Waals surface area (Å²) in [6.07, 6.45) is 3.23. The van der Waals surface area contributed by atoms with Crippen molar-refractivity contribution >= 4 is 11.6 Å². The van der Waals surface area contributed by atoms with E-state index in [2.05, 4.69) is 15.5 Å². The lowest BCUT2D eigenvalue weighted by atomic mass is 10.1. The zero-order valence-corrected chi connectivity index (χ0v) is 9.61. The van der Waals surface area contributed by atoms with Gasteiger partial charge < -0.3 is 9.84 Å². The molecule has 1 N–H and O–H groups in total. The Morgan fingerprint density at radius 3 is 3.06 bits per heavy atom. The molecule has 1 unspecified atom stereocenters. The van der Waals surface area contributed by atoms with Crippen molar-refractivity contribution in [3.8, 4) is 0 Å². The van der Waals surface area contributed by atoms with Gasteiger partial charge in [-0.1, -0.05) is 22.8 Å². The SMILES string of the molecule is CC(NCc1ccon1)c1cccnc1Cl. The second-order valence-corrected chi connectivity index (χ2v) is 3.83. The second-order valence-electron chi connectivity index (χ2n) is 3.48. The maximum Gasteiger partial charge on any atom is 0.133 e. The molecule has 2 aromatic rings. The number of hydrogen-bond acceptors (Lipinski definition) is 4. The van der Waals surface area contributed by atoms with Crippen LogP contribution in [0.3, 0.4) is 0 Å². The highest BCUT2D eigenvalue weighted by molar-refractivity contribution is 6.30. The maximum atomic E-state index is 5.99. The zero-order valence-electron chi connectivity index (χ0n) is 8.85. The van der Waals surface area contributed by atoms with Gasteiger partial charge >= 0.3 is 0 Å². The first-order chi connectivity index (χ1) is 7.77. The van der Waals surface area contributed by atoms with Crippen molar-refractivity contribution in [1.29, 1.82) is 0 Å². The topological polar surface area (TPSA) is 51.0 Å². The van der Waals surface area contributed by atoms with Crippen LogP contribution in [0.2, 0.25) is 5.15 Å². The van der Waals surface area contributed by atoms with Crippen LogP contribution in [-0.2, 0) is 6.54 Å². The van der Waals surface area contributed by atoms with Crippen LogP contribution < -0.4 is 5.32 Å². The molecule has 0 amide bonds. The quantitative estimate of drug-likeness (QED) is 0.831. The van der Waals surface area contributed by atoms with E-state index in [0.717, 1.165) is 11.3 Å². The van der Waals surface area contributed by atoms with E-state index in [-0.39, 0.29) is 6.04 Å². The normalized spacial score (nSPS) is 12.6. The van der Waals surface area contributed by atoms with Gasteiger partial charge in [-0.3, -0.25) is 0 Å². The standard InChI is InChI=1S/C11H12ClN3O/c1-8(10-3-2-5-13-11(10)12)14-7-9-4-6-16-15-9/h2-6,8,14H,7H2,1H3. The molecule has 0 bridgehead atoms. The lowest BCUT2D eigenvalue weighted by Gasteiger charge is -2.13. The van der Waals surface area contributed by atoms with E-state index in [1.807, 2.05) is 25.1 Å². The minimum absolute atomic E-state index is 0.123. The Morgan fingerprint density at radius 2 is 2.38 bits per heavy atom. The van der Waals surface area contributed by atoms with Gasteiger partial charge in [-0.05, 0) is 13.0 Å². The molecule has 5 heteroatoms. The summed E-state index contributed by atoms with van der Waals surface area (Å²) in [7, 11) is 0. The first-order valence-corrected chi connectivity index (χ1v) is 5.38. The summed E-state index contributed by atoms with van der Waals surface area (Å²) < 4.78 is 4.75. The molecular weight excluding hydrogens is 226 g/mol. The smallest absolute Gasteiger partial charge is 0.133 e. The Labute approximate surface area is 98.6 Å². The first-order valence-electron chi connectivity index (χ1n) is 5.00. The molecule has 0 spiro atoms. The van der Waals surface area contributed by atoms with E-state index in [1.165, 1.54) is 0 Å². The van der Waals surface area contributed by atoms with Crippen LogP contribution in [0.15, 0.2) is 35.2 Å². The van der Waals surface area contributed by atoms with Gasteiger partial charge in [-0.15, -0.1) is 0 Å². The average Bonchev–Trinajstić information content (AvgIpc) is 2.79. The third kappa shape index (κ3) is 2.59. The van der Waals surface area contributed by atoms with Gasteiger partial charge in [0.15, 0.2) is 0 Å². The number of halogens is 1. The molecule has 84 valence electrons. The highest BCUT2D eigenvalue weighted by Crippen LogP contribution is 2.19. The molecule has 2 rings (SSSR count). The largest absolute Gasteiger partial charge is 0.364 e. The van der Waals surface area contributed by atoms with Crippen LogP contribution in [0, 0.1) is 0 Å². The summed E-state index contributed by atoms with van der Waals surface area (Å²) in [4.78, 5) is 4.04. The lowest BCUT2D eigenvalue weighted by molar-refractivity contribution is 0.406. The fraction of sp³-hybridized carbons (Fsp3) is 0.273. The van der Waals surface area contributed by atoms with E-state index < -0.39 is 0 Å². The molecule has 0 fully saturated rings. The van der Waals surface area contributed by atoms with Gasteiger partial charge in [0.2, 0.25) is 0 Å². The molecule has 0 radical (unpaired) electrons. The average molecular weight is 238 g/mol. The van der Waals surface area contributed by atoms with Crippen molar-refractivity contribution in [3.63, 3.8) is 0 Å². The van der Waals surface area contributed by atoms with Crippen molar-refractivity contribution in [2.75, 3.05) is 0 Å². The Balaban J connectivity index is 1.98. The van der Waals surface area contributed by atoms with Crippen LogP contribution in [-0.4, -0.2) is 10.1 Å². The molecule has 0 aliphatic rings. The molecule has 2 heterocycles. The fourth-order valence-corrected chi connectivity index (χ4v) is 1.70. The van der Waals surface area contributed by atoms with Crippen molar-refractivity contribution < 1.29 is 4.52 Å². The Bertz CT molecular complexity index is 444. The van der Waals surface area contributed by atoms with Gasteiger partial charge in [-0.25, -0.2) is 4.98 Å². The summed E-state index contributed by atoms with van der Waals surface area (Å²) in [6, 6.07) is 5.77. The van der Waals surface area contributed by atoms with Gasteiger partial charge in [0.1, 0.15) is 11.4 Å². The molecule has 16 heavy (non-hydrogen) atoms. The molecule has 0 aromatic carbocycles.